The summed E-state index contributed by atoms with van der Waals surface area (Å²) in [6.07, 6.45) is 5.11. The lowest BCUT2D eigenvalue weighted by Gasteiger charge is -2.34. The number of benzene rings is 1. The molecule has 2 saturated heterocycles. The minimum absolute atomic E-state index is 0.729. The minimum Gasteiger partial charge on any atom is -0.339 e. The third-order valence-electron chi connectivity index (χ3n) is 4.94. The molecule has 0 bridgehead atoms. The first kappa shape index (κ1) is 13.7. The SMILES string of the molecule is c1ccc(-n2nnnc2N2CCC(C3CCCN3)CC2)cc1. The van der Waals surface area contributed by atoms with E-state index in [-0.39, 0.29) is 0 Å². The Morgan fingerprint density at radius 1 is 1.05 bits per heavy atom. The predicted molar refractivity (Wildman–Crippen MR) is 85.1 cm³/mol. The summed E-state index contributed by atoms with van der Waals surface area (Å²) in [5.74, 6) is 1.67. The molecule has 1 aromatic heterocycles. The van der Waals surface area contributed by atoms with Gasteiger partial charge in [-0.2, -0.15) is 4.68 Å². The Balaban J connectivity index is 1.47. The summed E-state index contributed by atoms with van der Waals surface area (Å²) in [6, 6.07) is 10.8. The van der Waals surface area contributed by atoms with Crippen molar-refractivity contribution in [1.82, 2.24) is 25.5 Å². The second-order valence-electron chi connectivity index (χ2n) is 6.25. The molecule has 2 fully saturated rings. The van der Waals surface area contributed by atoms with Crippen molar-refractivity contribution in [2.24, 2.45) is 5.92 Å². The van der Waals surface area contributed by atoms with Gasteiger partial charge in [-0.15, -0.1) is 0 Å². The molecule has 1 atom stereocenters. The molecule has 2 aliphatic heterocycles. The Morgan fingerprint density at radius 3 is 2.59 bits per heavy atom. The smallest absolute Gasteiger partial charge is 0.250 e. The number of hydrogen-bond acceptors (Lipinski definition) is 5. The molecule has 116 valence electrons. The molecule has 2 aliphatic rings. The Bertz CT molecular complexity index is 596. The zero-order valence-corrected chi connectivity index (χ0v) is 12.7. The highest BCUT2D eigenvalue weighted by Crippen LogP contribution is 2.28. The molecular formula is C16H22N6. The van der Waals surface area contributed by atoms with Crippen LogP contribution >= 0.6 is 0 Å². The van der Waals surface area contributed by atoms with Gasteiger partial charge in [-0.3, -0.25) is 0 Å². The van der Waals surface area contributed by atoms with E-state index in [4.69, 9.17) is 0 Å². The summed E-state index contributed by atoms with van der Waals surface area (Å²) in [4.78, 5) is 2.32. The maximum atomic E-state index is 4.25. The molecular weight excluding hydrogens is 276 g/mol. The van der Waals surface area contributed by atoms with Gasteiger partial charge in [-0.25, -0.2) is 0 Å². The number of tetrazole rings is 1. The quantitative estimate of drug-likeness (QED) is 0.933. The van der Waals surface area contributed by atoms with E-state index in [0.717, 1.165) is 36.7 Å². The molecule has 1 unspecified atom stereocenters. The third kappa shape index (κ3) is 2.59. The van der Waals surface area contributed by atoms with Gasteiger partial charge in [0.25, 0.3) is 0 Å². The molecule has 22 heavy (non-hydrogen) atoms. The van der Waals surface area contributed by atoms with Gasteiger partial charge in [0.1, 0.15) is 0 Å². The Morgan fingerprint density at radius 2 is 1.86 bits per heavy atom. The van der Waals surface area contributed by atoms with Crippen LogP contribution < -0.4 is 10.2 Å². The van der Waals surface area contributed by atoms with Crippen molar-refractivity contribution in [3.63, 3.8) is 0 Å². The van der Waals surface area contributed by atoms with Crippen molar-refractivity contribution in [2.45, 2.75) is 31.7 Å². The van der Waals surface area contributed by atoms with E-state index in [1.807, 2.05) is 35.0 Å². The highest BCUT2D eigenvalue weighted by Gasteiger charge is 2.30. The van der Waals surface area contributed by atoms with Crippen molar-refractivity contribution >= 4 is 5.95 Å². The number of nitrogens with zero attached hydrogens (tertiary/aromatic N) is 5. The standard InChI is InChI=1S/C16H22N6/c1-2-5-14(6-3-1)22-16(18-19-20-22)21-11-8-13(9-12-21)15-7-4-10-17-15/h1-3,5-6,13,15,17H,4,7-12H2. The monoisotopic (exact) mass is 298 g/mol. The predicted octanol–water partition coefficient (Wildman–Crippen LogP) is 1.63. The second kappa shape index (κ2) is 6.04. The topological polar surface area (TPSA) is 58.9 Å². The van der Waals surface area contributed by atoms with Crippen molar-refractivity contribution < 1.29 is 0 Å². The van der Waals surface area contributed by atoms with Gasteiger partial charge in [0.15, 0.2) is 0 Å². The number of aromatic nitrogens is 4. The molecule has 1 N–H and O–H groups in total. The van der Waals surface area contributed by atoms with Crippen LogP contribution in [0, 0.1) is 5.92 Å². The molecule has 6 heteroatoms. The average molecular weight is 298 g/mol. The summed E-state index contributed by atoms with van der Waals surface area (Å²) in [5.41, 5.74) is 1.02. The summed E-state index contributed by atoms with van der Waals surface area (Å²) >= 11 is 0. The van der Waals surface area contributed by atoms with Crippen LogP contribution in [0.1, 0.15) is 25.7 Å². The van der Waals surface area contributed by atoms with E-state index in [1.165, 1.54) is 32.2 Å². The van der Waals surface area contributed by atoms with Crippen LogP contribution in [0.25, 0.3) is 5.69 Å². The van der Waals surface area contributed by atoms with Crippen molar-refractivity contribution in [3.8, 4) is 5.69 Å². The molecule has 0 saturated carbocycles. The van der Waals surface area contributed by atoms with Crippen molar-refractivity contribution in [3.05, 3.63) is 30.3 Å². The van der Waals surface area contributed by atoms with Crippen molar-refractivity contribution in [1.29, 1.82) is 0 Å². The van der Waals surface area contributed by atoms with Crippen LogP contribution in [-0.2, 0) is 0 Å². The Hall–Kier alpha value is -1.95. The van der Waals surface area contributed by atoms with Gasteiger partial charge in [-0.1, -0.05) is 23.3 Å². The van der Waals surface area contributed by atoms with E-state index >= 15 is 0 Å². The molecule has 0 aliphatic carbocycles. The summed E-state index contributed by atoms with van der Waals surface area (Å²) in [5, 5.41) is 15.9. The maximum Gasteiger partial charge on any atom is 0.250 e. The van der Waals surface area contributed by atoms with Crippen LogP contribution in [0.3, 0.4) is 0 Å². The normalized spacial score (nSPS) is 23.1. The fraction of sp³-hybridized carbons (Fsp3) is 0.562. The number of hydrogen-bond donors (Lipinski definition) is 1. The molecule has 0 spiro atoms. The summed E-state index contributed by atoms with van der Waals surface area (Å²) < 4.78 is 1.84. The molecule has 4 rings (SSSR count). The lowest BCUT2D eigenvalue weighted by molar-refractivity contribution is 0.317. The largest absolute Gasteiger partial charge is 0.339 e. The fourth-order valence-electron chi connectivity index (χ4n) is 3.73. The van der Waals surface area contributed by atoms with Gasteiger partial charge in [0.2, 0.25) is 5.95 Å². The van der Waals surface area contributed by atoms with Gasteiger partial charge in [0.05, 0.1) is 5.69 Å². The molecule has 6 nitrogen and oxygen atoms in total. The lowest BCUT2D eigenvalue weighted by Crippen LogP contribution is -2.41. The molecule has 3 heterocycles. The van der Waals surface area contributed by atoms with Crippen molar-refractivity contribution in [2.75, 3.05) is 24.5 Å². The minimum atomic E-state index is 0.729. The summed E-state index contributed by atoms with van der Waals surface area (Å²) in [7, 11) is 0. The van der Waals surface area contributed by atoms with Gasteiger partial charge >= 0.3 is 0 Å². The summed E-state index contributed by atoms with van der Waals surface area (Å²) in [6.45, 7) is 3.27. The van der Waals surface area contributed by atoms with Crippen LogP contribution in [0.15, 0.2) is 30.3 Å². The van der Waals surface area contributed by atoms with Gasteiger partial charge < -0.3 is 10.2 Å². The number of rotatable bonds is 3. The first-order valence-corrected chi connectivity index (χ1v) is 8.24. The van der Waals surface area contributed by atoms with Crippen LogP contribution in [0.4, 0.5) is 5.95 Å². The highest BCUT2D eigenvalue weighted by atomic mass is 15.6. The molecule has 0 radical (unpaired) electrons. The van der Waals surface area contributed by atoms with Crippen LogP contribution in [-0.4, -0.2) is 45.9 Å². The highest BCUT2D eigenvalue weighted by molar-refractivity contribution is 5.40. The number of nitrogens with one attached hydrogen (secondary N) is 1. The number of anilines is 1. The average Bonchev–Trinajstić information content (AvgIpc) is 3.28. The van der Waals surface area contributed by atoms with Gasteiger partial charge in [-0.05, 0) is 60.7 Å². The van der Waals surface area contributed by atoms with E-state index in [1.54, 1.807) is 0 Å². The Labute approximate surface area is 130 Å². The zero-order valence-electron chi connectivity index (χ0n) is 12.7. The zero-order chi connectivity index (χ0) is 14.8. The van der Waals surface area contributed by atoms with E-state index in [9.17, 15) is 0 Å². The molecule has 2 aromatic rings. The molecule has 1 aromatic carbocycles. The van der Waals surface area contributed by atoms with Crippen LogP contribution in [0.5, 0.6) is 0 Å². The molecule has 0 amide bonds. The number of piperidine rings is 1. The maximum absolute atomic E-state index is 4.25. The van der Waals surface area contributed by atoms with E-state index < -0.39 is 0 Å². The Kier molecular flexibility index (Phi) is 3.76. The number of para-hydroxylation sites is 1. The van der Waals surface area contributed by atoms with Gasteiger partial charge in [0, 0.05) is 19.1 Å². The second-order valence-corrected chi connectivity index (χ2v) is 6.25. The third-order valence-corrected chi connectivity index (χ3v) is 4.94. The first-order chi connectivity index (χ1) is 10.9. The fourth-order valence-corrected chi connectivity index (χ4v) is 3.73. The van der Waals surface area contributed by atoms with E-state index in [0.29, 0.717) is 0 Å². The lowest BCUT2D eigenvalue weighted by atomic mass is 9.89. The van der Waals surface area contributed by atoms with E-state index in [2.05, 4.69) is 25.7 Å². The first-order valence-electron chi connectivity index (χ1n) is 8.24. The van der Waals surface area contributed by atoms with Crippen LogP contribution in [0.2, 0.25) is 0 Å².